The second-order valence-electron chi connectivity index (χ2n) is 8.12. The van der Waals surface area contributed by atoms with E-state index in [1.807, 2.05) is 36.4 Å². The molecule has 0 bridgehead atoms. The fourth-order valence-corrected chi connectivity index (χ4v) is 4.30. The molecule has 174 valence electrons. The number of carbonyl (C=O) groups excluding carboxylic acids is 2. The van der Waals surface area contributed by atoms with Crippen molar-refractivity contribution in [1.29, 1.82) is 0 Å². The van der Waals surface area contributed by atoms with Gasteiger partial charge in [0.1, 0.15) is 18.7 Å². The summed E-state index contributed by atoms with van der Waals surface area (Å²) in [6, 6.07) is 22.5. The Balaban J connectivity index is 1.48. The number of carboxylic acids is 1. The number of alkyl carbamates (subject to hydrolysis) is 1. The summed E-state index contributed by atoms with van der Waals surface area (Å²) in [6.45, 7) is 1.77. The zero-order valence-corrected chi connectivity index (χ0v) is 18.7. The molecular weight excluding hydrogens is 432 g/mol. The van der Waals surface area contributed by atoms with Crippen molar-refractivity contribution in [2.24, 2.45) is 0 Å². The van der Waals surface area contributed by atoms with Crippen molar-refractivity contribution in [3.8, 4) is 11.1 Å². The maximum Gasteiger partial charge on any atom is 0.408 e. The Labute approximate surface area is 197 Å². The van der Waals surface area contributed by atoms with Crippen LogP contribution in [0.5, 0.6) is 0 Å². The highest BCUT2D eigenvalue weighted by molar-refractivity contribution is 5.90. The molecular formula is C27H26N2O5. The Morgan fingerprint density at radius 2 is 1.41 bits per heavy atom. The fraction of sp³-hybridized carbons (Fsp3) is 0.222. The van der Waals surface area contributed by atoms with Gasteiger partial charge in [0.2, 0.25) is 5.91 Å². The van der Waals surface area contributed by atoms with Crippen LogP contribution in [0.2, 0.25) is 0 Å². The SMILES string of the molecule is CC[C@@H](NC(=O)[C@@H](NC(=O)OCC1c2ccccc2-c2ccccc21)c1ccccc1)C(=O)O. The number of carbonyl (C=O) groups is 3. The number of nitrogens with one attached hydrogen (secondary N) is 2. The van der Waals surface area contributed by atoms with Gasteiger partial charge in [-0.2, -0.15) is 0 Å². The first-order valence-corrected chi connectivity index (χ1v) is 11.2. The van der Waals surface area contributed by atoms with E-state index < -0.39 is 30.1 Å². The second-order valence-corrected chi connectivity index (χ2v) is 8.12. The molecule has 0 heterocycles. The van der Waals surface area contributed by atoms with Crippen molar-refractivity contribution in [1.82, 2.24) is 10.6 Å². The summed E-state index contributed by atoms with van der Waals surface area (Å²) in [5.41, 5.74) is 4.93. The maximum absolute atomic E-state index is 12.9. The van der Waals surface area contributed by atoms with Crippen molar-refractivity contribution in [2.75, 3.05) is 6.61 Å². The summed E-state index contributed by atoms with van der Waals surface area (Å²) >= 11 is 0. The molecule has 0 aliphatic heterocycles. The van der Waals surface area contributed by atoms with Gasteiger partial charge in [-0.05, 0) is 34.2 Å². The molecule has 3 aromatic rings. The number of hydrogen-bond donors (Lipinski definition) is 3. The van der Waals surface area contributed by atoms with Crippen LogP contribution in [0.15, 0.2) is 78.9 Å². The Morgan fingerprint density at radius 3 is 1.97 bits per heavy atom. The van der Waals surface area contributed by atoms with Gasteiger partial charge in [0.15, 0.2) is 0 Å². The van der Waals surface area contributed by atoms with Crippen LogP contribution in [0.4, 0.5) is 4.79 Å². The van der Waals surface area contributed by atoms with Gasteiger partial charge in [0.05, 0.1) is 0 Å². The molecule has 7 nitrogen and oxygen atoms in total. The van der Waals surface area contributed by atoms with Gasteiger partial charge < -0.3 is 20.5 Å². The molecule has 3 aromatic carbocycles. The topological polar surface area (TPSA) is 105 Å². The Kier molecular flexibility index (Phi) is 6.92. The van der Waals surface area contributed by atoms with Crippen LogP contribution in [0.3, 0.4) is 0 Å². The second kappa shape index (κ2) is 10.2. The summed E-state index contributed by atoms with van der Waals surface area (Å²) < 4.78 is 5.57. The first-order chi connectivity index (χ1) is 16.5. The van der Waals surface area contributed by atoms with Crippen LogP contribution < -0.4 is 10.6 Å². The molecule has 0 spiro atoms. The molecule has 4 rings (SSSR count). The summed E-state index contributed by atoms with van der Waals surface area (Å²) in [4.78, 5) is 37.0. The Bertz CT molecular complexity index is 1150. The molecule has 0 saturated carbocycles. The third kappa shape index (κ3) is 4.78. The van der Waals surface area contributed by atoms with Gasteiger partial charge in [-0.1, -0.05) is 85.8 Å². The number of benzene rings is 3. The van der Waals surface area contributed by atoms with Gasteiger partial charge in [-0.15, -0.1) is 0 Å². The zero-order chi connectivity index (χ0) is 24.1. The van der Waals surface area contributed by atoms with Crippen LogP contribution in [0, 0.1) is 0 Å². The summed E-state index contributed by atoms with van der Waals surface area (Å²) in [5, 5.41) is 14.4. The van der Waals surface area contributed by atoms with E-state index in [9.17, 15) is 19.5 Å². The van der Waals surface area contributed by atoms with Crippen molar-refractivity contribution < 1.29 is 24.2 Å². The van der Waals surface area contributed by atoms with Crippen molar-refractivity contribution in [3.63, 3.8) is 0 Å². The molecule has 7 heteroatoms. The Hall–Kier alpha value is -4.13. The number of aliphatic carboxylic acids is 1. The summed E-state index contributed by atoms with van der Waals surface area (Å²) in [7, 11) is 0. The van der Waals surface area contributed by atoms with Crippen LogP contribution in [-0.2, 0) is 14.3 Å². The zero-order valence-electron chi connectivity index (χ0n) is 18.7. The van der Waals surface area contributed by atoms with Gasteiger partial charge in [-0.25, -0.2) is 9.59 Å². The van der Waals surface area contributed by atoms with Crippen LogP contribution in [0.1, 0.15) is 42.0 Å². The van der Waals surface area contributed by atoms with E-state index in [4.69, 9.17) is 4.74 Å². The largest absolute Gasteiger partial charge is 0.480 e. The maximum atomic E-state index is 12.9. The number of rotatable bonds is 8. The lowest BCUT2D eigenvalue weighted by Crippen LogP contribution is -2.47. The molecule has 1 aliphatic rings. The molecule has 3 N–H and O–H groups in total. The van der Waals surface area contributed by atoms with Gasteiger partial charge in [0, 0.05) is 5.92 Å². The monoisotopic (exact) mass is 458 g/mol. The van der Waals surface area contributed by atoms with E-state index in [0.29, 0.717) is 5.56 Å². The smallest absolute Gasteiger partial charge is 0.408 e. The average molecular weight is 459 g/mol. The van der Waals surface area contributed by atoms with E-state index in [1.54, 1.807) is 37.3 Å². The molecule has 0 saturated heterocycles. The highest BCUT2D eigenvalue weighted by Crippen LogP contribution is 2.44. The standard InChI is InChI=1S/C27H26N2O5/c1-2-23(26(31)32)28-25(30)24(17-10-4-3-5-11-17)29-27(33)34-16-22-20-14-8-6-12-18(20)19-13-7-9-15-21(19)22/h3-15,22-24H,2,16H2,1H3,(H,28,30)(H,29,33)(H,31,32)/t23-,24+/m1/s1. The lowest BCUT2D eigenvalue weighted by molar-refractivity contribution is -0.142. The van der Waals surface area contributed by atoms with Gasteiger partial charge in [-0.3, -0.25) is 4.79 Å². The van der Waals surface area contributed by atoms with Crippen LogP contribution >= 0.6 is 0 Å². The van der Waals surface area contributed by atoms with Gasteiger partial charge in [0.25, 0.3) is 0 Å². The third-order valence-electron chi connectivity index (χ3n) is 6.02. The molecule has 0 fully saturated rings. The minimum atomic E-state index is -1.14. The number of fused-ring (bicyclic) bond motifs is 3. The minimum Gasteiger partial charge on any atom is -0.480 e. The molecule has 1 aliphatic carbocycles. The number of amides is 2. The molecule has 34 heavy (non-hydrogen) atoms. The first-order valence-electron chi connectivity index (χ1n) is 11.2. The van der Waals surface area contributed by atoms with Crippen molar-refractivity contribution in [3.05, 3.63) is 95.6 Å². The fourth-order valence-electron chi connectivity index (χ4n) is 4.30. The first kappa shape index (κ1) is 23.0. The van der Waals surface area contributed by atoms with E-state index in [1.165, 1.54) is 0 Å². The van der Waals surface area contributed by atoms with E-state index in [-0.39, 0.29) is 18.9 Å². The van der Waals surface area contributed by atoms with Gasteiger partial charge >= 0.3 is 12.1 Å². The predicted octanol–water partition coefficient (Wildman–Crippen LogP) is 4.25. The van der Waals surface area contributed by atoms with E-state index in [0.717, 1.165) is 22.3 Å². The predicted molar refractivity (Wildman–Crippen MR) is 127 cm³/mol. The van der Waals surface area contributed by atoms with E-state index >= 15 is 0 Å². The number of carboxylic acid groups (broad SMARTS) is 1. The number of hydrogen-bond acceptors (Lipinski definition) is 4. The summed E-state index contributed by atoms with van der Waals surface area (Å²) in [6.07, 6.45) is -0.540. The summed E-state index contributed by atoms with van der Waals surface area (Å²) in [5.74, 6) is -1.86. The van der Waals surface area contributed by atoms with Crippen molar-refractivity contribution in [2.45, 2.75) is 31.3 Å². The quantitative estimate of drug-likeness (QED) is 0.468. The molecule has 0 radical (unpaired) electrons. The van der Waals surface area contributed by atoms with E-state index in [2.05, 4.69) is 22.8 Å². The molecule has 0 unspecified atom stereocenters. The van der Waals surface area contributed by atoms with Crippen LogP contribution in [-0.4, -0.2) is 35.7 Å². The highest BCUT2D eigenvalue weighted by atomic mass is 16.5. The lowest BCUT2D eigenvalue weighted by atomic mass is 9.98. The lowest BCUT2D eigenvalue weighted by Gasteiger charge is -2.22. The minimum absolute atomic E-state index is 0.107. The normalized spacial score (nSPS) is 13.8. The Morgan fingerprint density at radius 1 is 0.853 bits per heavy atom. The molecule has 0 aromatic heterocycles. The average Bonchev–Trinajstić information content (AvgIpc) is 3.18. The van der Waals surface area contributed by atoms with Crippen LogP contribution in [0.25, 0.3) is 11.1 Å². The number of ether oxygens (including phenoxy) is 1. The third-order valence-corrected chi connectivity index (χ3v) is 6.02. The molecule has 2 atom stereocenters. The van der Waals surface area contributed by atoms with Crippen molar-refractivity contribution >= 4 is 18.0 Å². The molecule has 2 amide bonds. The highest BCUT2D eigenvalue weighted by Gasteiger charge is 2.31.